The number of hydrogen-bond donors (Lipinski definition) is 2. The number of imidazole rings is 1. The lowest BCUT2D eigenvalue weighted by Crippen LogP contribution is -2.09. The molecule has 0 spiro atoms. The maximum Gasteiger partial charge on any atom is 0.142 e. The number of aliphatic hydroxyl groups is 1. The van der Waals surface area contributed by atoms with Crippen molar-refractivity contribution in [3.8, 4) is 11.3 Å². The van der Waals surface area contributed by atoms with Crippen LogP contribution < -0.4 is 0 Å². The third-order valence-corrected chi connectivity index (χ3v) is 3.36. The van der Waals surface area contributed by atoms with Gasteiger partial charge in [-0.2, -0.15) is 5.10 Å². The minimum absolute atomic E-state index is 0.631. The standard InChI is InChI=1S/C15H16N4O/c1-2-19-9-8-16-15(19)14(20)12-10-17-18-13(12)11-6-4-3-5-7-11/h3-10,14,20H,2H2,1H3,(H,17,18). The number of nitrogens with one attached hydrogen (secondary N) is 1. The number of aromatic amines is 1. The van der Waals surface area contributed by atoms with Crippen LogP contribution in [0, 0.1) is 0 Å². The van der Waals surface area contributed by atoms with Crippen LogP contribution in [0.25, 0.3) is 11.3 Å². The first kappa shape index (κ1) is 12.6. The minimum atomic E-state index is -0.793. The Labute approximate surface area is 116 Å². The number of H-pyrrole nitrogens is 1. The molecule has 0 amide bonds. The molecule has 1 unspecified atom stereocenters. The van der Waals surface area contributed by atoms with Crippen LogP contribution in [0.5, 0.6) is 0 Å². The van der Waals surface area contributed by atoms with Gasteiger partial charge in [0.15, 0.2) is 0 Å². The molecule has 102 valence electrons. The molecule has 3 rings (SSSR count). The molecule has 0 saturated carbocycles. The van der Waals surface area contributed by atoms with E-state index in [1.807, 2.05) is 48.0 Å². The molecule has 0 fully saturated rings. The van der Waals surface area contributed by atoms with E-state index in [4.69, 9.17) is 0 Å². The second-order valence-corrected chi connectivity index (χ2v) is 4.54. The summed E-state index contributed by atoms with van der Waals surface area (Å²) in [6.07, 6.45) is 4.42. The molecule has 2 aromatic heterocycles. The van der Waals surface area contributed by atoms with E-state index in [1.54, 1.807) is 12.4 Å². The zero-order valence-electron chi connectivity index (χ0n) is 11.2. The highest BCUT2D eigenvalue weighted by molar-refractivity contribution is 5.63. The van der Waals surface area contributed by atoms with E-state index < -0.39 is 6.10 Å². The third-order valence-electron chi connectivity index (χ3n) is 3.36. The second kappa shape index (κ2) is 5.30. The predicted molar refractivity (Wildman–Crippen MR) is 76.0 cm³/mol. The number of aryl methyl sites for hydroxylation is 1. The minimum Gasteiger partial charge on any atom is -0.380 e. The van der Waals surface area contributed by atoms with Gasteiger partial charge in [-0.25, -0.2) is 4.98 Å². The molecule has 0 radical (unpaired) electrons. The first-order valence-electron chi connectivity index (χ1n) is 6.59. The fourth-order valence-electron chi connectivity index (χ4n) is 2.31. The van der Waals surface area contributed by atoms with Crippen molar-refractivity contribution < 1.29 is 5.11 Å². The summed E-state index contributed by atoms with van der Waals surface area (Å²) in [5.41, 5.74) is 2.55. The van der Waals surface area contributed by atoms with Crippen LogP contribution in [0.4, 0.5) is 0 Å². The fraction of sp³-hybridized carbons (Fsp3) is 0.200. The largest absolute Gasteiger partial charge is 0.380 e. The summed E-state index contributed by atoms with van der Waals surface area (Å²) >= 11 is 0. The second-order valence-electron chi connectivity index (χ2n) is 4.54. The van der Waals surface area contributed by atoms with E-state index in [-0.39, 0.29) is 0 Å². The zero-order valence-corrected chi connectivity index (χ0v) is 11.2. The summed E-state index contributed by atoms with van der Waals surface area (Å²) < 4.78 is 1.92. The highest BCUT2D eigenvalue weighted by Crippen LogP contribution is 2.29. The number of aliphatic hydroxyl groups excluding tert-OH is 1. The molecule has 0 bridgehead atoms. The van der Waals surface area contributed by atoms with Crippen LogP contribution in [0.15, 0.2) is 48.9 Å². The summed E-state index contributed by atoms with van der Waals surface area (Å²) in [7, 11) is 0. The zero-order chi connectivity index (χ0) is 13.9. The molecule has 3 aromatic rings. The first-order valence-corrected chi connectivity index (χ1v) is 6.59. The smallest absolute Gasteiger partial charge is 0.142 e. The van der Waals surface area contributed by atoms with Gasteiger partial charge in [0.05, 0.1) is 11.9 Å². The van der Waals surface area contributed by atoms with Crippen LogP contribution in [0.1, 0.15) is 24.4 Å². The Morgan fingerprint density at radius 1 is 1.30 bits per heavy atom. The highest BCUT2D eigenvalue weighted by Gasteiger charge is 2.21. The quantitative estimate of drug-likeness (QED) is 0.763. The van der Waals surface area contributed by atoms with Crippen LogP contribution in [-0.2, 0) is 6.54 Å². The lowest BCUT2D eigenvalue weighted by molar-refractivity contribution is 0.205. The average molecular weight is 268 g/mol. The van der Waals surface area contributed by atoms with E-state index >= 15 is 0 Å². The molecule has 5 heteroatoms. The van der Waals surface area contributed by atoms with Crippen molar-refractivity contribution in [2.45, 2.75) is 19.6 Å². The van der Waals surface area contributed by atoms with Gasteiger partial charge in [-0.1, -0.05) is 30.3 Å². The average Bonchev–Trinajstić information content (AvgIpc) is 3.16. The molecule has 1 atom stereocenters. The van der Waals surface area contributed by atoms with Crippen LogP contribution >= 0.6 is 0 Å². The molecule has 0 aliphatic heterocycles. The summed E-state index contributed by atoms with van der Waals surface area (Å²) in [6.45, 7) is 2.79. The molecule has 0 saturated heterocycles. The maximum absolute atomic E-state index is 10.6. The summed E-state index contributed by atoms with van der Waals surface area (Å²) in [5.74, 6) is 0.631. The van der Waals surface area contributed by atoms with Gasteiger partial charge in [-0.3, -0.25) is 5.10 Å². The van der Waals surface area contributed by atoms with E-state index in [0.29, 0.717) is 5.82 Å². The van der Waals surface area contributed by atoms with Gasteiger partial charge in [0, 0.05) is 24.5 Å². The number of nitrogens with zero attached hydrogens (tertiary/aromatic N) is 3. The molecule has 20 heavy (non-hydrogen) atoms. The Balaban J connectivity index is 2.02. The van der Waals surface area contributed by atoms with Crippen LogP contribution in [0.3, 0.4) is 0 Å². The third kappa shape index (κ3) is 2.12. The Bertz CT molecular complexity index is 687. The number of hydrogen-bond acceptors (Lipinski definition) is 3. The summed E-state index contributed by atoms with van der Waals surface area (Å²) in [6, 6.07) is 9.84. The van der Waals surface area contributed by atoms with Crippen molar-refractivity contribution in [3.05, 3.63) is 60.3 Å². The first-order chi connectivity index (χ1) is 9.81. The molecule has 0 aliphatic carbocycles. The van der Waals surface area contributed by atoms with E-state index in [1.165, 1.54) is 0 Å². The molecular weight excluding hydrogens is 252 g/mol. The van der Waals surface area contributed by atoms with Crippen molar-refractivity contribution in [1.82, 2.24) is 19.7 Å². The molecule has 2 heterocycles. The SMILES string of the molecule is CCn1ccnc1C(O)c1cn[nH]c1-c1ccccc1. The molecule has 2 N–H and O–H groups in total. The molecule has 5 nitrogen and oxygen atoms in total. The Morgan fingerprint density at radius 3 is 2.85 bits per heavy atom. The lowest BCUT2D eigenvalue weighted by atomic mass is 10.0. The van der Waals surface area contributed by atoms with Crippen molar-refractivity contribution in [2.24, 2.45) is 0 Å². The Morgan fingerprint density at radius 2 is 2.10 bits per heavy atom. The van der Waals surface area contributed by atoms with Crippen molar-refractivity contribution in [1.29, 1.82) is 0 Å². The van der Waals surface area contributed by atoms with E-state index in [2.05, 4.69) is 15.2 Å². The van der Waals surface area contributed by atoms with Crippen molar-refractivity contribution >= 4 is 0 Å². The molecule has 0 aliphatic rings. The van der Waals surface area contributed by atoms with Gasteiger partial charge in [0.25, 0.3) is 0 Å². The van der Waals surface area contributed by atoms with Gasteiger partial charge < -0.3 is 9.67 Å². The maximum atomic E-state index is 10.6. The van der Waals surface area contributed by atoms with Crippen molar-refractivity contribution in [3.63, 3.8) is 0 Å². The Kier molecular flexibility index (Phi) is 3.35. The van der Waals surface area contributed by atoms with Crippen molar-refractivity contribution in [2.75, 3.05) is 0 Å². The van der Waals surface area contributed by atoms with Crippen LogP contribution in [0.2, 0.25) is 0 Å². The molecular formula is C15H16N4O. The molecule has 1 aromatic carbocycles. The van der Waals surface area contributed by atoms with Gasteiger partial charge in [0.1, 0.15) is 11.9 Å². The van der Waals surface area contributed by atoms with Crippen LogP contribution in [-0.4, -0.2) is 24.9 Å². The van der Waals surface area contributed by atoms with Gasteiger partial charge in [-0.05, 0) is 12.5 Å². The lowest BCUT2D eigenvalue weighted by Gasteiger charge is -2.12. The predicted octanol–water partition coefficient (Wildman–Crippen LogP) is 2.37. The van der Waals surface area contributed by atoms with Gasteiger partial charge in [-0.15, -0.1) is 0 Å². The topological polar surface area (TPSA) is 66.7 Å². The number of rotatable bonds is 4. The monoisotopic (exact) mass is 268 g/mol. The fourth-order valence-corrected chi connectivity index (χ4v) is 2.31. The summed E-state index contributed by atoms with van der Waals surface area (Å²) in [4.78, 5) is 4.25. The number of benzene rings is 1. The number of aromatic nitrogens is 4. The van der Waals surface area contributed by atoms with Gasteiger partial charge in [0.2, 0.25) is 0 Å². The van der Waals surface area contributed by atoms with E-state index in [9.17, 15) is 5.11 Å². The van der Waals surface area contributed by atoms with Gasteiger partial charge >= 0.3 is 0 Å². The Hall–Kier alpha value is -2.40. The van der Waals surface area contributed by atoms with E-state index in [0.717, 1.165) is 23.4 Å². The summed E-state index contributed by atoms with van der Waals surface area (Å²) in [5, 5.41) is 17.6. The normalized spacial score (nSPS) is 12.5. The highest BCUT2D eigenvalue weighted by atomic mass is 16.3.